The van der Waals surface area contributed by atoms with Gasteiger partial charge in [-0.15, -0.1) is 0 Å². The second kappa shape index (κ2) is 39.4. The number of amides is 12. The van der Waals surface area contributed by atoms with Crippen LogP contribution in [0.5, 0.6) is 0 Å². The van der Waals surface area contributed by atoms with Crippen LogP contribution in [0.2, 0.25) is 0 Å². The van der Waals surface area contributed by atoms with Crippen molar-refractivity contribution in [3.05, 3.63) is 48.0 Å². The molecule has 0 bridgehead atoms. The van der Waals surface area contributed by atoms with Crippen LogP contribution in [0, 0.1) is 29.6 Å². The van der Waals surface area contributed by atoms with E-state index in [0.29, 0.717) is 70.5 Å². The number of aliphatic hydroxyl groups is 1. The van der Waals surface area contributed by atoms with Crippen molar-refractivity contribution in [2.45, 2.75) is 181 Å². The zero-order chi connectivity index (χ0) is 68.2. The number of carbonyl (C=O) groups excluding carboxylic acids is 11. The quantitative estimate of drug-likeness (QED) is 0.0321. The molecule has 2 heterocycles. The smallest absolute Gasteiger partial charge is 0.312 e. The molecule has 0 aliphatic carbocycles. The minimum atomic E-state index is -1.24. The Hall–Kier alpha value is -7.07. The molecule has 1 unspecified atom stereocenters. The number of hydrogen-bond donors (Lipinski definition) is 10. The van der Waals surface area contributed by atoms with Gasteiger partial charge in [-0.2, -0.15) is 0 Å². The molecular weight excluding hydrogens is 1170 g/mol. The first kappa shape index (κ1) is 78.2. The summed E-state index contributed by atoms with van der Waals surface area (Å²) < 4.78 is 12.0. The number of benzene rings is 1. The first-order valence-corrected chi connectivity index (χ1v) is 32.1. The van der Waals surface area contributed by atoms with E-state index in [2.05, 4.69) is 42.5 Å². The van der Waals surface area contributed by atoms with Gasteiger partial charge in [0.05, 0.1) is 55.3 Å². The Balaban J connectivity index is 1.67. The van der Waals surface area contributed by atoms with Gasteiger partial charge in [0.1, 0.15) is 24.2 Å². The summed E-state index contributed by atoms with van der Waals surface area (Å²) >= 11 is 0. The highest BCUT2D eigenvalue weighted by molar-refractivity contribution is 6.12. The number of aliphatic hydroxyl groups excluding tert-OH is 1. The van der Waals surface area contributed by atoms with E-state index in [1.807, 2.05) is 32.0 Å². The number of nitrogens with one attached hydrogen (secondary N) is 8. The summed E-state index contributed by atoms with van der Waals surface area (Å²) in [7, 11) is 6.02. The van der Waals surface area contributed by atoms with Crippen molar-refractivity contribution in [3.63, 3.8) is 0 Å². The number of urea groups is 1. The van der Waals surface area contributed by atoms with Crippen LogP contribution in [0.15, 0.2) is 42.5 Å². The maximum atomic E-state index is 14.8. The molecule has 1 fully saturated rings. The summed E-state index contributed by atoms with van der Waals surface area (Å²) in [5, 5.41) is 33.6. The fraction of sp³-hybridized carbons (Fsp3) is 0.703. The van der Waals surface area contributed by atoms with Crippen LogP contribution in [0.1, 0.15) is 132 Å². The molecule has 12 atom stereocenters. The lowest BCUT2D eigenvalue weighted by Crippen LogP contribution is -2.61. The maximum Gasteiger partial charge on any atom is 0.312 e. The molecule has 1 saturated heterocycles. The van der Waals surface area contributed by atoms with Crippen molar-refractivity contribution in [1.82, 2.24) is 62.1 Å². The van der Waals surface area contributed by atoms with Crippen LogP contribution >= 0.6 is 0 Å². The Bertz CT molecular complexity index is 2570. The molecule has 512 valence electrons. The summed E-state index contributed by atoms with van der Waals surface area (Å²) in [6.45, 7) is 20.0. The van der Waals surface area contributed by atoms with Gasteiger partial charge in [-0.1, -0.05) is 99.1 Å². The van der Waals surface area contributed by atoms with Gasteiger partial charge in [0.15, 0.2) is 0 Å². The number of likely N-dealkylation sites (tertiary alicyclic amines) is 1. The monoisotopic (exact) mass is 1280 g/mol. The van der Waals surface area contributed by atoms with Gasteiger partial charge in [0.2, 0.25) is 47.3 Å². The summed E-state index contributed by atoms with van der Waals surface area (Å²) in [6.07, 6.45) is 2.61. The molecule has 0 saturated carbocycles. The van der Waals surface area contributed by atoms with Crippen LogP contribution in [0.4, 0.5) is 4.79 Å². The van der Waals surface area contributed by atoms with E-state index in [0.717, 1.165) is 0 Å². The van der Waals surface area contributed by atoms with E-state index in [-0.39, 0.29) is 61.8 Å². The Morgan fingerprint density at radius 1 is 0.703 bits per heavy atom. The number of likely N-dealkylation sites (N-methyl/N-ethyl adjacent to an activating group) is 2. The SMILES string of the molecule is CC[C@H](C)[C@@H]([C@@H](CC(=O)N1CCC[C@H]1[C@H](OC)[C@@H](C)C(=O)N[C@H](C)[C@@H](O)c1ccccc1)OC)N(C)C(=O)[C@@H](NC(=O)[C@H](C(C)C)N(C)C(=O)CNC(=O)C(CCCNC(N)=O)NC(=O)[C@@H](NC(=O)CCNCCNCCCN1C(=O)C=CC1=O)C(C)C)C(C)C. The minimum Gasteiger partial charge on any atom is -0.386 e. The van der Waals surface area contributed by atoms with Gasteiger partial charge < -0.3 is 77.5 Å². The van der Waals surface area contributed by atoms with Gasteiger partial charge in [-0.3, -0.25) is 52.8 Å². The number of imide groups is 1. The number of methoxy groups -OCH3 is 2. The molecule has 0 spiro atoms. The van der Waals surface area contributed by atoms with E-state index < -0.39 is 132 Å². The summed E-state index contributed by atoms with van der Waals surface area (Å²) in [5.41, 5.74) is 5.92. The summed E-state index contributed by atoms with van der Waals surface area (Å²) in [6, 6.07) is 2.02. The van der Waals surface area contributed by atoms with Gasteiger partial charge in [0.25, 0.3) is 11.8 Å². The average Bonchev–Trinajstić information content (AvgIpc) is 2.70. The molecule has 11 N–H and O–H groups in total. The molecule has 2 aliphatic rings. The maximum absolute atomic E-state index is 14.8. The number of rotatable bonds is 41. The molecule has 27 nitrogen and oxygen atoms in total. The molecule has 27 heteroatoms. The number of hydrogen-bond acceptors (Lipinski definition) is 16. The van der Waals surface area contributed by atoms with Gasteiger partial charge in [0, 0.05) is 86.2 Å². The zero-order valence-electron chi connectivity index (χ0n) is 56.1. The van der Waals surface area contributed by atoms with E-state index in [4.69, 9.17) is 15.2 Å². The number of nitrogens with zero attached hydrogens (tertiary/aromatic N) is 4. The number of carbonyl (C=O) groups is 11. The van der Waals surface area contributed by atoms with Gasteiger partial charge in [-0.25, -0.2) is 4.79 Å². The first-order valence-electron chi connectivity index (χ1n) is 32.1. The average molecular weight is 1280 g/mol. The van der Waals surface area contributed by atoms with Crippen LogP contribution in [-0.4, -0.2) is 225 Å². The molecular formula is C64H107N13O14. The Kier molecular flexibility index (Phi) is 33.8. The third-order valence-electron chi connectivity index (χ3n) is 17.1. The Labute approximate surface area is 537 Å². The zero-order valence-corrected chi connectivity index (χ0v) is 56.1. The third kappa shape index (κ3) is 24.2. The van der Waals surface area contributed by atoms with Crippen LogP contribution in [-0.2, 0) is 57.4 Å². The third-order valence-corrected chi connectivity index (χ3v) is 17.1. The lowest BCUT2D eigenvalue weighted by Gasteiger charge is -2.41. The van der Waals surface area contributed by atoms with Crippen molar-refractivity contribution < 1.29 is 67.3 Å². The fourth-order valence-corrected chi connectivity index (χ4v) is 11.6. The predicted molar refractivity (Wildman–Crippen MR) is 343 cm³/mol. The standard InChI is InChI=1S/C64H107N13O14/c1-15-41(8)56(47(90-13)36-51(81)76-34-20-25-46(76)58(91-14)42(9)59(84)70-43(10)57(83)44-22-17-16-18-23-44)75(12)63(88)54(39(4)5)73-62(87)55(40(6)7)74(11)52(82)37-69-60(85)45(24-19-30-68-64(65)89)71-61(86)53(38(2)3)72-48(78)28-31-67-33-32-66-29-21-35-77-49(79)26-27-50(77)80/h16-18,22-23,26-27,38-43,45-47,53-58,66-67,83H,15,19-21,24-25,28-37H2,1-14H3,(H,69,85)(H,70,84)(H,71,86)(H,72,78)(H,73,87)(H3,65,68,89)/t41-,42+,43+,45?,46-,47+,53-,54-,55-,56-,57+,58+/m0/s1. The van der Waals surface area contributed by atoms with E-state index in [1.54, 1.807) is 79.5 Å². The lowest BCUT2D eigenvalue weighted by molar-refractivity contribution is -0.148. The van der Waals surface area contributed by atoms with Crippen LogP contribution < -0.4 is 48.3 Å². The highest BCUT2D eigenvalue weighted by Gasteiger charge is 2.44. The van der Waals surface area contributed by atoms with Gasteiger partial charge >= 0.3 is 6.03 Å². The highest BCUT2D eigenvalue weighted by atomic mass is 16.5. The topological polar surface area (TPSA) is 362 Å². The van der Waals surface area contributed by atoms with Crippen LogP contribution in [0.25, 0.3) is 0 Å². The van der Waals surface area contributed by atoms with Crippen molar-refractivity contribution >= 4 is 65.1 Å². The molecule has 1 aromatic rings. The normalized spacial score (nSPS) is 17.7. The van der Waals surface area contributed by atoms with E-state index >= 15 is 0 Å². The molecule has 0 aromatic heterocycles. The molecule has 1 aromatic carbocycles. The van der Waals surface area contributed by atoms with Crippen molar-refractivity contribution in [3.8, 4) is 0 Å². The molecule has 91 heavy (non-hydrogen) atoms. The van der Waals surface area contributed by atoms with Crippen molar-refractivity contribution in [2.24, 2.45) is 35.3 Å². The number of nitrogens with two attached hydrogens (primary N) is 1. The highest BCUT2D eigenvalue weighted by Crippen LogP contribution is 2.30. The van der Waals surface area contributed by atoms with E-state index in [1.165, 1.54) is 48.1 Å². The number of ether oxygens (including phenoxy) is 2. The molecule has 0 radical (unpaired) electrons. The number of primary amides is 1. The summed E-state index contributed by atoms with van der Waals surface area (Å²) in [5.74, 6) is -7.07. The van der Waals surface area contributed by atoms with Crippen molar-refractivity contribution in [1.29, 1.82) is 0 Å². The molecule has 12 amide bonds. The Morgan fingerprint density at radius 3 is 1.90 bits per heavy atom. The van der Waals surface area contributed by atoms with Crippen LogP contribution in [0.3, 0.4) is 0 Å². The first-order chi connectivity index (χ1) is 43.0. The summed E-state index contributed by atoms with van der Waals surface area (Å²) in [4.78, 5) is 153. The second-order valence-electron chi connectivity index (χ2n) is 24.9. The molecule has 2 aliphatic heterocycles. The predicted octanol–water partition coefficient (Wildman–Crippen LogP) is 0.843. The largest absolute Gasteiger partial charge is 0.386 e. The lowest BCUT2D eigenvalue weighted by atomic mass is 9.89. The Morgan fingerprint density at radius 2 is 1.33 bits per heavy atom. The van der Waals surface area contributed by atoms with Crippen molar-refractivity contribution in [2.75, 3.05) is 80.7 Å². The second-order valence-corrected chi connectivity index (χ2v) is 24.9. The fourth-order valence-electron chi connectivity index (χ4n) is 11.6. The van der Waals surface area contributed by atoms with Gasteiger partial charge in [-0.05, 0) is 74.8 Å². The van der Waals surface area contributed by atoms with E-state index in [9.17, 15) is 57.8 Å². The molecule has 3 rings (SSSR count). The minimum absolute atomic E-state index is 0.00240.